The molecule has 0 aliphatic carbocycles. The maximum absolute atomic E-state index is 4.02. The first kappa shape index (κ1) is 12.2. The number of H-pyrrole nitrogens is 1. The van der Waals surface area contributed by atoms with Crippen LogP contribution in [-0.4, -0.2) is 15.2 Å². The van der Waals surface area contributed by atoms with E-state index in [4.69, 9.17) is 0 Å². The first-order valence-corrected chi connectivity index (χ1v) is 6.36. The number of hydrogen-bond acceptors (Lipinski definition) is 2. The first-order valence-electron chi connectivity index (χ1n) is 6.36. The van der Waals surface area contributed by atoms with Gasteiger partial charge in [-0.2, -0.15) is 5.10 Å². The minimum absolute atomic E-state index is 0.956. The Balaban J connectivity index is 2.08. The second-order valence-corrected chi connectivity index (χ2v) is 4.45. The SMILES string of the molecule is Cc1cccc(C#Cc2ccncc2)c1-c1ccn[nH]1. The quantitative estimate of drug-likeness (QED) is 0.682. The molecule has 1 aromatic carbocycles. The maximum Gasteiger partial charge on any atom is 0.0665 e. The predicted octanol–water partition coefficient (Wildman–Crippen LogP) is 3.18. The zero-order valence-electron chi connectivity index (χ0n) is 11.1. The van der Waals surface area contributed by atoms with Crippen LogP contribution in [-0.2, 0) is 0 Å². The molecular weight excluding hydrogens is 246 g/mol. The number of aromatic nitrogens is 3. The van der Waals surface area contributed by atoms with Crippen molar-refractivity contribution in [3.63, 3.8) is 0 Å². The summed E-state index contributed by atoms with van der Waals surface area (Å²) in [5.74, 6) is 6.40. The summed E-state index contributed by atoms with van der Waals surface area (Å²) in [5.41, 5.74) is 5.22. The van der Waals surface area contributed by atoms with E-state index in [-0.39, 0.29) is 0 Å². The Morgan fingerprint density at radius 3 is 2.55 bits per heavy atom. The van der Waals surface area contributed by atoms with Gasteiger partial charge < -0.3 is 0 Å². The number of rotatable bonds is 1. The Hall–Kier alpha value is -2.86. The van der Waals surface area contributed by atoms with E-state index in [1.165, 1.54) is 5.56 Å². The Morgan fingerprint density at radius 1 is 0.950 bits per heavy atom. The van der Waals surface area contributed by atoms with Gasteiger partial charge in [0.1, 0.15) is 0 Å². The number of nitrogens with zero attached hydrogens (tertiary/aromatic N) is 2. The van der Waals surface area contributed by atoms with E-state index in [0.29, 0.717) is 0 Å². The third kappa shape index (κ3) is 2.45. The summed E-state index contributed by atoms with van der Waals surface area (Å²) in [4.78, 5) is 3.99. The fourth-order valence-electron chi connectivity index (χ4n) is 2.10. The first-order chi connectivity index (χ1) is 9.84. The van der Waals surface area contributed by atoms with Crippen molar-refractivity contribution in [1.82, 2.24) is 15.2 Å². The minimum atomic E-state index is 0.956. The lowest BCUT2D eigenvalue weighted by Gasteiger charge is -2.05. The fourth-order valence-corrected chi connectivity index (χ4v) is 2.10. The standard InChI is InChI=1S/C17H13N3/c1-13-3-2-4-15(17(13)16-9-12-19-20-16)6-5-14-7-10-18-11-8-14/h2-4,7-12H,1H3,(H,19,20). The molecule has 0 saturated carbocycles. The van der Waals surface area contributed by atoms with Crippen LogP contribution in [0.25, 0.3) is 11.3 Å². The molecule has 20 heavy (non-hydrogen) atoms. The molecule has 0 spiro atoms. The summed E-state index contributed by atoms with van der Waals surface area (Å²) in [6.45, 7) is 2.08. The summed E-state index contributed by atoms with van der Waals surface area (Å²) in [7, 11) is 0. The molecule has 1 N–H and O–H groups in total. The van der Waals surface area contributed by atoms with Crippen LogP contribution < -0.4 is 0 Å². The second-order valence-electron chi connectivity index (χ2n) is 4.45. The maximum atomic E-state index is 4.02. The normalized spacial score (nSPS) is 9.85. The van der Waals surface area contributed by atoms with Gasteiger partial charge in [0.15, 0.2) is 0 Å². The van der Waals surface area contributed by atoms with Gasteiger partial charge in [0.05, 0.1) is 5.69 Å². The monoisotopic (exact) mass is 259 g/mol. The third-order valence-electron chi connectivity index (χ3n) is 3.06. The average molecular weight is 259 g/mol. The van der Waals surface area contributed by atoms with Crippen molar-refractivity contribution in [2.45, 2.75) is 6.92 Å². The van der Waals surface area contributed by atoms with E-state index in [1.807, 2.05) is 30.3 Å². The molecule has 2 aromatic heterocycles. The average Bonchev–Trinajstić information content (AvgIpc) is 3.00. The molecule has 0 amide bonds. The number of aromatic amines is 1. The van der Waals surface area contributed by atoms with Gasteiger partial charge in [0.25, 0.3) is 0 Å². The Labute approximate surface area is 117 Å². The van der Waals surface area contributed by atoms with Crippen LogP contribution in [0.3, 0.4) is 0 Å². The van der Waals surface area contributed by atoms with Crippen molar-refractivity contribution in [3.05, 3.63) is 71.7 Å². The molecule has 0 unspecified atom stereocenters. The number of nitrogens with one attached hydrogen (secondary N) is 1. The molecule has 3 aromatic rings. The Morgan fingerprint density at radius 2 is 1.80 bits per heavy atom. The zero-order valence-corrected chi connectivity index (χ0v) is 11.1. The lowest BCUT2D eigenvalue weighted by Crippen LogP contribution is -1.89. The molecule has 0 radical (unpaired) electrons. The number of hydrogen-bond donors (Lipinski definition) is 1. The van der Waals surface area contributed by atoms with Crippen molar-refractivity contribution < 1.29 is 0 Å². The van der Waals surface area contributed by atoms with E-state index in [1.54, 1.807) is 18.6 Å². The number of aryl methyl sites for hydroxylation is 1. The Bertz CT molecular complexity index is 763. The van der Waals surface area contributed by atoms with Crippen LogP contribution in [0.1, 0.15) is 16.7 Å². The van der Waals surface area contributed by atoms with Crippen molar-refractivity contribution in [2.24, 2.45) is 0 Å². The van der Waals surface area contributed by atoms with Crippen LogP contribution in [0.15, 0.2) is 55.0 Å². The smallest absolute Gasteiger partial charge is 0.0665 e. The van der Waals surface area contributed by atoms with Gasteiger partial charge in [-0.3, -0.25) is 10.1 Å². The van der Waals surface area contributed by atoms with E-state index in [0.717, 1.165) is 22.4 Å². The van der Waals surface area contributed by atoms with Crippen LogP contribution in [0.4, 0.5) is 0 Å². The van der Waals surface area contributed by atoms with Crippen LogP contribution in [0.5, 0.6) is 0 Å². The molecular formula is C17H13N3. The highest BCUT2D eigenvalue weighted by Gasteiger charge is 2.07. The van der Waals surface area contributed by atoms with Crippen molar-refractivity contribution in [1.29, 1.82) is 0 Å². The summed E-state index contributed by atoms with van der Waals surface area (Å²) in [5, 5.41) is 7.02. The summed E-state index contributed by atoms with van der Waals surface area (Å²) in [6, 6.07) is 11.9. The zero-order chi connectivity index (χ0) is 13.8. The Kier molecular flexibility index (Phi) is 3.30. The topological polar surface area (TPSA) is 41.6 Å². The molecule has 0 fully saturated rings. The molecule has 0 aliphatic heterocycles. The molecule has 96 valence electrons. The molecule has 0 bridgehead atoms. The van der Waals surface area contributed by atoms with Gasteiger partial charge in [0, 0.05) is 35.3 Å². The van der Waals surface area contributed by atoms with Gasteiger partial charge in [-0.05, 0) is 36.8 Å². The van der Waals surface area contributed by atoms with E-state index in [2.05, 4.69) is 40.0 Å². The molecule has 0 atom stereocenters. The van der Waals surface area contributed by atoms with Crippen LogP contribution in [0, 0.1) is 18.8 Å². The molecule has 2 heterocycles. The van der Waals surface area contributed by atoms with Gasteiger partial charge in [-0.15, -0.1) is 0 Å². The minimum Gasteiger partial charge on any atom is -0.278 e. The molecule has 3 rings (SSSR count). The lowest BCUT2D eigenvalue weighted by atomic mass is 9.99. The molecule has 0 saturated heterocycles. The predicted molar refractivity (Wildman–Crippen MR) is 79.0 cm³/mol. The van der Waals surface area contributed by atoms with Gasteiger partial charge in [-0.1, -0.05) is 24.0 Å². The molecule has 3 nitrogen and oxygen atoms in total. The molecule has 0 aliphatic rings. The van der Waals surface area contributed by atoms with Crippen LogP contribution in [0.2, 0.25) is 0 Å². The van der Waals surface area contributed by atoms with Crippen molar-refractivity contribution in [3.8, 4) is 23.1 Å². The number of benzene rings is 1. The summed E-state index contributed by atoms with van der Waals surface area (Å²) < 4.78 is 0. The lowest BCUT2D eigenvalue weighted by molar-refractivity contribution is 1.09. The van der Waals surface area contributed by atoms with E-state index in [9.17, 15) is 0 Å². The molecule has 3 heteroatoms. The highest BCUT2D eigenvalue weighted by Crippen LogP contribution is 2.24. The van der Waals surface area contributed by atoms with Crippen LogP contribution >= 0.6 is 0 Å². The summed E-state index contributed by atoms with van der Waals surface area (Å²) in [6.07, 6.45) is 5.24. The van der Waals surface area contributed by atoms with E-state index >= 15 is 0 Å². The highest BCUT2D eigenvalue weighted by molar-refractivity contribution is 5.71. The second kappa shape index (κ2) is 5.41. The van der Waals surface area contributed by atoms with Gasteiger partial charge >= 0.3 is 0 Å². The third-order valence-corrected chi connectivity index (χ3v) is 3.06. The van der Waals surface area contributed by atoms with Gasteiger partial charge in [-0.25, -0.2) is 0 Å². The fraction of sp³-hybridized carbons (Fsp3) is 0.0588. The highest BCUT2D eigenvalue weighted by atomic mass is 15.1. The number of pyridine rings is 1. The van der Waals surface area contributed by atoms with Crippen molar-refractivity contribution in [2.75, 3.05) is 0 Å². The summed E-state index contributed by atoms with van der Waals surface area (Å²) >= 11 is 0. The largest absolute Gasteiger partial charge is 0.278 e. The van der Waals surface area contributed by atoms with Gasteiger partial charge in [0.2, 0.25) is 0 Å². The van der Waals surface area contributed by atoms with Crippen molar-refractivity contribution >= 4 is 0 Å². The van der Waals surface area contributed by atoms with E-state index < -0.39 is 0 Å².